The average Bonchev–Trinajstić information content (AvgIpc) is 1.67. The molecule has 1 unspecified atom stereocenters. The number of hydrogen-bond donors (Lipinski definition) is 2. The van der Waals surface area contributed by atoms with E-state index in [1.807, 2.05) is 0 Å². The molecule has 2 N–H and O–H groups in total. The van der Waals surface area contributed by atoms with Gasteiger partial charge < -0.3 is 0 Å². The molecule has 0 aromatic carbocycles. The fraction of sp³-hybridized carbons (Fsp3) is 0.667. The SMILES string of the molecule is CC(O)C(=O)[O][Ti][OH]. The Bertz CT molecular complexity index is 81.4. The second-order valence-electron chi connectivity index (χ2n) is 1.19. The predicted octanol–water partition coefficient (Wildman–Crippen LogP) is -1.18. The van der Waals surface area contributed by atoms with Crippen molar-refractivity contribution in [1.82, 2.24) is 0 Å². The molecular weight excluding hydrogens is 148 g/mol. The molecule has 0 aliphatic carbocycles. The van der Waals surface area contributed by atoms with E-state index in [1.165, 1.54) is 6.92 Å². The Balaban J connectivity index is 3.33. The first-order valence-electron chi connectivity index (χ1n) is 1.96. The van der Waals surface area contributed by atoms with Crippen LogP contribution in [0.15, 0.2) is 0 Å². The van der Waals surface area contributed by atoms with Crippen molar-refractivity contribution >= 4 is 5.97 Å². The molecule has 8 heavy (non-hydrogen) atoms. The summed E-state index contributed by atoms with van der Waals surface area (Å²) in [6.07, 6.45) is -1.12. The van der Waals surface area contributed by atoms with Crippen LogP contribution in [0.1, 0.15) is 6.92 Å². The number of rotatable bonds is 2. The molecule has 0 aliphatic heterocycles. The summed E-state index contributed by atoms with van der Waals surface area (Å²) in [5, 5.41) is 8.39. The summed E-state index contributed by atoms with van der Waals surface area (Å²) in [4.78, 5) is 10.1. The summed E-state index contributed by atoms with van der Waals surface area (Å²) >= 11 is -1.58. The van der Waals surface area contributed by atoms with E-state index in [2.05, 4.69) is 3.32 Å². The Morgan fingerprint density at radius 1 is 1.88 bits per heavy atom. The molecule has 46 valence electrons. The first-order valence-corrected chi connectivity index (χ1v) is 3.30. The van der Waals surface area contributed by atoms with Crippen LogP contribution >= 0.6 is 0 Å². The Kier molecular flexibility index (Phi) is 4.08. The molecule has 0 radical (unpaired) electrons. The summed E-state index contributed by atoms with van der Waals surface area (Å²) in [5.74, 6) is -0.757. The van der Waals surface area contributed by atoms with Crippen LogP contribution in [0.25, 0.3) is 0 Å². The third-order valence-corrected chi connectivity index (χ3v) is 0.944. The third-order valence-electron chi connectivity index (χ3n) is 0.487. The van der Waals surface area contributed by atoms with E-state index in [0.717, 1.165) is 0 Å². The van der Waals surface area contributed by atoms with Crippen molar-refractivity contribution in [3.8, 4) is 0 Å². The van der Waals surface area contributed by atoms with Crippen LogP contribution in [0.5, 0.6) is 0 Å². The first-order chi connectivity index (χ1) is 3.68. The number of aliphatic hydroxyl groups excluding tert-OH is 1. The van der Waals surface area contributed by atoms with Crippen molar-refractivity contribution in [2.75, 3.05) is 0 Å². The molecule has 0 saturated carbocycles. The Hall–Kier alpha value is 0.104. The molecule has 1 atom stereocenters. The van der Waals surface area contributed by atoms with Crippen molar-refractivity contribution < 1.29 is 36.8 Å². The van der Waals surface area contributed by atoms with Crippen molar-refractivity contribution in [3.05, 3.63) is 0 Å². The van der Waals surface area contributed by atoms with E-state index in [9.17, 15) is 4.79 Å². The van der Waals surface area contributed by atoms with Gasteiger partial charge in [0.2, 0.25) is 0 Å². The zero-order chi connectivity index (χ0) is 6.57. The van der Waals surface area contributed by atoms with Gasteiger partial charge in [0.1, 0.15) is 0 Å². The van der Waals surface area contributed by atoms with E-state index in [0.29, 0.717) is 0 Å². The summed E-state index contributed by atoms with van der Waals surface area (Å²) in [5.41, 5.74) is 0. The predicted molar refractivity (Wildman–Crippen MR) is 20.0 cm³/mol. The number of hydrogen-bond acceptors (Lipinski definition) is 4. The monoisotopic (exact) mass is 154 g/mol. The number of carbonyl (C=O) groups is 1. The van der Waals surface area contributed by atoms with Crippen LogP contribution in [-0.2, 0) is 28.0 Å². The summed E-state index contributed by atoms with van der Waals surface area (Å²) < 4.78 is 12.2. The zero-order valence-corrected chi connectivity index (χ0v) is 5.85. The Labute approximate surface area is 56.3 Å². The first kappa shape index (κ1) is 8.10. The van der Waals surface area contributed by atoms with Gasteiger partial charge in [0.25, 0.3) is 0 Å². The fourth-order valence-corrected chi connectivity index (χ4v) is 0.537. The summed E-state index contributed by atoms with van der Waals surface area (Å²) in [6, 6.07) is 0. The maximum absolute atomic E-state index is 10.1. The molecule has 0 saturated heterocycles. The zero-order valence-electron chi connectivity index (χ0n) is 4.29. The Morgan fingerprint density at radius 3 is 2.50 bits per heavy atom. The van der Waals surface area contributed by atoms with Crippen LogP contribution in [0.3, 0.4) is 0 Å². The fourth-order valence-electron chi connectivity index (χ4n) is 0.130. The van der Waals surface area contributed by atoms with E-state index in [-0.39, 0.29) is 0 Å². The van der Waals surface area contributed by atoms with E-state index < -0.39 is 32.0 Å². The van der Waals surface area contributed by atoms with Crippen LogP contribution < -0.4 is 0 Å². The molecule has 0 spiro atoms. The summed E-state index contributed by atoms with van der Waals surface area (Å²) in [6.45, 7) is 1.28. The van der Waals surface area contributed by atoms with Gasteiger partial charge in [-0.2, -0.15) is 0 Å². The standard InChI is InChI=1S/C3H6O3.H2O.Ti/c1-2(4)3(5)6;;/h2,4H,1H3,(H,5,6);1H2;/q;;+2/p-2. The van der Waals surface area contributed by atoms with Crippen LogP contribution in [0.2, 0.25) is 0 Å². The average molecular weight is 154 g/mol. The quantitative estimate of drug-likeness (QED) is 0.491. The van der Waals surface area contributed by atoms with Gasteiger partial charge in [-0.25, -0.2) is 0 Å². The van der Waals surface area contributed by atoms with Gasteiger partial charge in [0.05, 0.1) is 0 Å². The third kappa shape index (κ3) is 3.15. The minimum atomic E-state index is -1.58. The number of carbonyl (C=O) groups excluding carboxylic acids is 1. The van der Waals surface area contributed by atoms with Crippen LogP contribution in [0.4, 0.5) is 0 Å². The van der Waals surface area contributed by atoms with Gasteiger partial charge >= 0.3 is 55.8 Å². The molecule has 4 nitrogen and oxygen atoms in total. The van der Waals surface area contributed by atoms with Gasteiger partial charge in [-0.05, 0) is 0 Å². The van der Waals surface area contributed by atoms with Crippen LogP contribution in [0, 0.1) is 0 Å². The molecule has 0 aliphatic rings. The van der Waals surface area contributed by atoms with Crippen LogP contribution in [-0.4, -0.2) is 20.9 Å². The van der Waals surface area contributed by atoms with Crippen molar-refractivity contribution in [3.63, 3.8) is 0 Å². The van der Waals surface area contributed by atoms with Gasteiger partial charge in [-0.15, -0.1) is 0 Å². The molecule has 0 rings (SSSR count). The summed E-state index contributed by atoms with van der Waals surface area (Å²) in [7, 11) is 0. The molecule has 0 fully saturated rings. The minimum absolute atomic E-state index is 0.757. The molecule has 0 amide bonds. The molecule has 0 bridgehead atoms. The van der Waals surface area contributed by atoms with E-state index in [1.54, 1.807) is 0 Å². The van der Waals surface area contributed by atoms with Crippen molar-refractivity contribution in [1.29, 1.82) is 0 Å². The molecule has 0 aromatic rings. The molecule has 5 heteroatoms. The Morgan fingerprint density at radius 2 is 2.38 bits per heavy atom. The second kappa shape index (κ2) is 4.03. The van der Waals surface area contributed by atoms with E-state index in [4.69, 9.17) is 8.79 Å². The van der Waals surface area contributed by atoms with E-state index >= 15 is 0 Å². The van der Waals surface area contributed by atoms with Gasteiger partial charge in [-0.3, -0.25) is 0 Å². The molecule has 0 heterocycles. The molecule has 0 aromatic heterocycles. The van der Waals surface area contributed by atoms with Gasteiger partial charge in [0.15, 0.2) is 0 Å². The number of aliphatic hydroxyl groups is 1. The second-order valence-corrected chi connectivity index (χ2v) is 1.79. The maximum atomic E-state index is 10.1. The van der Waals surface area contributed by atoms with Gasteiger partial charge in [-0.1, -0.05) is 0 Å². The normalized spacial score (nSPS) is 12.4. The van der Waals surface area contributed by atoms with Crippen molar-refractivity contribution in [2.45, 2.75) is 13.0 Å². The molecular formula is C3H6O4Ti. The topological polar surface area (TPSA) is 66.8 Å². The van der Waals surface area contributed by atoms with Crippen molar-refractivity contribution in [2.24, 2.45) is 0 Å². The van der Waals surface area contributed by atoms with Gasteiger partial charge in [0, 0.05) is 0 Å².